The Balaban J connectivity index is 1.99. The fourth-order valence-corrected chi connectivity index (χ4v) is 2.14. The number of hydrogen-bond donors (Lipinski definition) is 0. The molecule has 1 fully saturated rings. The molecule has 1 aliphatic heterocycles. The molecule has 2 heterocycles. The molecule has 0 N–H and O–H groups in total. The number of likely N-dealkylation sites (tertiary alicyclic amines) is 1. The van der Waals surface area contributed by atoms with Crippen molar-refractivity contribution >= 4 is 15.9 Å². The van der Waals surface area contributed by atoms with Gasteiger partial charge in [0.2, 0.25) is 5.88 Å². The Morgan fingerprint density at radius 1 is 1.41 bits per heavy atom. The maximum atomic E-state index is 5.75. The van der Waals surface area contributed by atoms with Gasteiger partial charge in [-0.25, -0.2) is 4.98 Å². The highest BCUT2D eigenvalue weighted by Crippen LogP contribution is 2.24. The monoisotopic (exact) mass is 301 g/mol. The summed E-state index contributed by atoms with van der Waals surface area (Å²) in [4.78, 5) is 10.6. The number of aromatic nitrogens is 2. The minimum atomic E-state index is 0.206. The fraction of sp³-hybridized carbons (Fsp3) is 0.636. The second-order valence-electron chi connectivity index (χ2n) is 4.13. The first-order valence-corrected chi connectivity index (χ1v) is 6.40. The van der Waals surface area contributed by atoms with E-state index >= 15 is 0 Å². The normalized spacial score (nSPS) is 18.1. The third kappa shape index (κ3) is 3.29. The zero-order valence-electron chi connectivity index (χ0n) is 10.0. The Labute approximate surface area is 109 Å². The molecule has 17 heavy (non-hydrogen) atoms. The average Bonchev–Trinajstić information content (AvgIpc) is 2.34. The predicted molar refractivity (Wildman–Crippen MR) is 67.4 cm³/mol. The van der Waals surface area contributed by atoms with Gasteiger partial charge in [-0.15, -0.1) is 0 Å². The number of rotatable bonds is 3. The summed E-state index contributed by atoms with van der Waals surface area (Å²) in [5.74, 6) is 0.503. The fourth-order valence-electron chi connectivity index (χ4n) is 1.79. The zero-order chi connectivity index (χ0) is 12.3. The van der Waals surface area contributed by atoms with Gasteiger partial charge in [0.25, 0.3) is 0 Å². The van der Waals surface area contributed by atoms with E-state index in [4.69, 9.17) is 9.47 Å². The Morgan fingerprint density at radius 3 is 2.76 bits per heavy atom. The molecule has 0 spiro atoms. The third-order valence-corrected chi connectivity index (χ3v) is 3.36. The van der Waals surface area contributed by atoms with Crippen molar-refractivity contribution in [2.45, 2.75) is 18.9 Å². The van der Waals surface area contributed by atoms with Crippen LogP contribution in [-0.2, 0) is 0 Å². The van der Waals surface area contributed by atoms with Gasteiger partial charge < -0.3 is 14.4 Å². The lowest BCUT2D eigenvalue weighted by atomic mass is 10.1. The number of halogens is 1. The number of ether oxygens (including phenoxy) is 2. The second kappa shape index (κ2) is 5.64. The van der Waals surface area contributed by atoms with Gasteiger partial charge >= 0.3 is 6.01 Å². The first-order chi connectivity index (χ1) is 8.19. The van der Waals surface area contributed by atoms with Crippen LogP contribution in [0, 0.1) is 0 Å². The van der Waals surface area contributed by atoms with Crippen LogP contribution in [0.3, 0.4) is 0 Å². The van der Waals surface area contributed by atoms with Crippen molar-refractivity contribution in [2.75, 3.05) is 27.2 Å². The number of hydrogen-bond acceptors (Lipinski definition) is 5. The molecule has 5 nitrogen and oxygen atoms in total. The minimum absolute atomic E-state index is 0.206. The molecule has 0 saturated carbocycles. The highest BCUT2D eigenvalue weighted by Gasteiger charge is 2.19. The van der Waals surface area contributed by atoms with Crippen molar-refractivity contribution in [3.8, 4) is 11.9 Å². The standard InChI is InChI=1S/C11H16BrN3O2/c1-15-5-3-8(4-6-15)17-11-13-7-9(12)10(14-11)16-2/h7-8H,3-6H2,1-2H3. The van der Waals surface area contributed by atoms with Gasteiger partial charge in [0.15, 0.2) is 0 Å². The average molecular weight is 302 g/mol. The first-order valence-electron chi connectivity index (χ1n) is 5.61. The van der Waals surface area contributed by atoms with Crippen LogP contribution in [0.15, 0.2) is 10.7 Å². The largest absolute Gasteiger partial charge is 0.480 e. The molecule has 0 unspecified atom stereocenters. The summed E-state index contributed by atoms with van der Waals surface area (Å²) < 4.78 is 11.6. The number of nitrogens with zero attached hydrogens (tertiary/aromatic N) is 3. The smallest absolute Gasteiger partial charge is 0.320 e. The SMILES string of the molecule is COc1nc(OC2CCN(C)CC2)ncc1Br. The molecule has 2 rings (SSSR count). The minimum Gasteiger partial charge on any atom is -0.480 e. The molecular formula is C11H16BrN3O2. The maximum absolute atomic E-state index is 5.75. The van der Waals surface area contributed by atoms with Crippen LogP contribution in [0.4, 0.5) is 0 Å². The van der Waals surface area contributed by atoms with E-state index in [1.54, 1.807) is 13.3 Å². The Bertz CT molecular complexity index is 381. The van der Waals surface area contributed by atoms with E-state index in [-0.39, 0.29) is 6.10 Å². The molecule has 0 bridgehead atoms. The molecule has 6 heteroatoms. The maximum Gasteiger partial charge on any atom is 0.320 e. The molecule has 1 aromatic rings. The van der Waals surface area contributed by atoms with Crippen molar-refractivity contribution in [2.24, 2.45) is 0 Å². The van der Waals surface area contributed by atoms with E-state index in [0.29, 0.717) is 11.9 Å². The molecular weight excluding hydrogens is 286 g/mol. The molecule has 0 amide bonds. The molecule has 1 aromatic heterocycles. The first kappa shape index (κ1) is 12.6. The Kier molecular flexibility index (Phi) is 4.17. The van der Waals surface area contributed by atoms with Crippen molar-refractivity contribution in [3.05, 3.63) is 10.7 Å². The van der Waals surface area contributed by atoms with Gasteiger partial charge in [-0.3, -0.25) is 0 Å². The predicted octanol–water partition coefficient (Wildman–Crippen LogP) is 1.72. The lowest BCUT2D eigenvalue weighted by Crippen LogP contribution is -2.35. The quantitative estimate of drug-likeness (QED) is 0.851. The van der Waals surface area contributed by atoms with Crippen LogP contribution in [0.2, 0.25) is 0 Å². The Hall–Kier alpha value is -0.880. The van der Waals surface area contributed by atoms with E-state index in [9.17, 15) is 0 Å². The number of methoxy groups -OCH3 is 1. The summed E-state index contributed by atoms with van der Waals surface area (Å²) in [7, 11) is 3.70. The summed E-state index contributed by atoms with van der Waals surface area (Å²) in [6.45, 7) is 2.11. The van der Waals surface area contributed by atoms with E-state index < -0.39 is 0 Å². The van der Waals surface area contributed by atoms with E-state index in [2.05, 4.69) is 37.8 Å². The molecule has 0 aliphatic carbocycles. The second-order valence-corrected chi connectivity index (χ2v) is 4.98. The highest BCUT2D eigenvalue weighted by molar-refractivity contribution is 9.10. The van der Waals surface area contributed by atoms with Crippen LogP contribution < -0.4 is 9.47 Å². The third-order valence-electron chi connectivity index (χ3n) is 2.82. The van der Waals surface area contributed by atoms with Gasteiger partial charge in [-0.1, -0.05) is 0 Å². The number of piperidine rings is 1. The molecule has 0 atom stereocenters. The van der Waals surface area contributed by atoms with E-state index in [1.807, 2.05) is 0 Å². The highest BCUT2D eigenvalue weighted by atomic mass is 79.9. The summed E-state index contributed by atoms with van der Waals surface area (Å²) in [5, 5.41) is 0. The molecule has 1 aliphatic rings. The van der Waals surface area contributed by atoms with Crippen molar-refractivity contribution in [1.82, 2.24) is 14.9 Å². The zero-order valence-corrected chi connectivity index (χ0v) is 11.6. The van der Waals surface area contributed by atoms with Crippen LogP contribution in [0.5, 0.6) is 11.9 Å². The van der Waals surface area contributed by atoms with Crippen LogP contribution in [0.25, 0.3) is 0 Å². The van der Waals surface area contributed by atoms with Gasteiger partial charge in [0.1, 0.15) is 6.10 Å². The molecule has 94 valence electrons. The van der Waals surface area contributed by atoms with Crippen molar-refractivity contribution < 1.29 is 9.47 Å². The topological polar surface area (TPSA) is 47.5 Å². The van der Waals surface area contributed by atoms with Crippen LogP contribution >= 0.6 is 15.9 Å². The molecule has 0 radical (unpaired) electrons. The van der Waals surface area contributed by atoms with Crippen molar-refractivity contribution in [1.29, 1.82) is 0 Å². The lowest BCUT2D eigenvalue weighted by Gasteiger charge is -2.28. The summed E-state index contributed by atoms with van der Waals surface area (Å²) in [6.07, 6.45) is 3.88. The molecule has 1 saturated heterocycles. The van der Waals surface area contributed by atoms with Crippen LogP contribution in [0.1, 0.15) is 12.8 Å². The van der Waals surface area contributed by atoms with E-state index in [1.165, 1.54) is 0 Å². The van der Waals surface area contributed by atoms with Crippen LogP contribution in [-0.4, -0.2) is 48.2 Å². The van der Waals surface area contributed by atoms with Gasteiger partial charge in [0, 0.05) is 13.1 Å². The van der Waals surface area contributed by atoms with Crippen molar-refractivity contribution in [3.63, 3.8) is 0 Å². The summed E-state index contributed by atoms with van der Waals surface area (Å²) in [6, 6.07) is 0.389. The van der Waals surface area contributed by atoms with E-state index in [0.717, 1.165) is 30.4 Å². The van der Waals surface area contributed by atoms with Gasteiger partial charge in [0.05, 0.1) is 17.8 Å². The lowest BCUT2D eigenvalue weighted by molar-refractivity contribution is 0.104. The van der Waals surface area contributed by atoms with Gasteiger partial charge in [-0.2, -0.15) is 4.98 Å². The Morgan fingerprint density at radius 2 is 2.12 bits per heavy atom. The molecule has 0 aromatic carbocycles. The summed E-state index contributed by atoms with van der Waals surface area (Å²) >= 11 is 3.31. The summed E-state index contributed by atoms with van der Waals surface area (Å²) in [5.41, 5.74) is 0. The van der Waals surface area contributed by atoms with Gasteiger partial charge in [-0.05, 0) is 35.8 Å².